The van der Waals surface area contributed by atoms with Gasteiger partial charge in [0.15, 0.2) is 0 Å². The van der Waals surface area contributed by atoms with Crippen molar-refractivity contribution < 1.29 is 0 Å². The lowest BCUT2D eigenvalue weighted by molar-refractivity contribution is 0.0845. The first-order valence-corrected chi connectivity index (χ1v) is 8.41. The van der Waals surface area contributed by atoms with E-state index in [0.29, 0.717) is 18.0 Å². The summed E-state index contributed by atoms with van der Waals surface area (Å²) in [6.07, 6.45) is 4.46. The van der Waals surface area contributed by atoms with E-state index in [1.165, 1.54) is 5.56 Å². The molecule has 4 atom stereocenters. The fourth-order valence-electron chi connectivity index (χ4n) is 3.80. The van der Waals surface area contributed by atoms with Crippen LogP contribution in [0.2, 0.25) is 0 Å². The van der Waals surface area contributed by atoms with Gasteiger partial charge in [0, 0.05) is 12.1 Å². The summed E-state index contributed by atoms with van der Waals surface area (Å²) in [5, 5.41) is 9.54. The molecule has 2 rings (SSSR count). The van der Waals surface area contributed by atoms with Gasteiger partial charge in [-0.05, 0) is 50.6 Å². The van der Waals surface area contributed by atoms with E-state index in [0.717, 1.165) is 32.2 Å². The minimum Gasteiger partial charge on any atom is -0.297 e. The molecule has 1 saturated carbocycles. The minimum absolute atomic E-state index is 0.193. The molecule has 2 nitrogen and oxygen atoms in total. The standard InChI is InChI=1S/C19H28N2/c1-4-15(3)21(5-2)19-13-17(11-12-18(19)14-20)16-9-7-6-8-10-16/h6-10,15,17-19H,4-5,11-13H2,1-3H3. The topological polar surface area (TPSA) is 27.0 Å². The third-order valence-corrected chi connectivity index (χ3v) is 5.20. The van der Waals surface area contributed by atoms with Crippen LogP contribution in [0.4, 0.5) is 0 Å². The van der Waals surface area contributed by atoms with Crippen molar-refractivity contribution in [2.75, 3.05) is 6.54 Å². The Morgan fingerprint density at radius 1 is 1.24 bits per heavy atom. The van der Waals surface area contributed by atoms with Gasteiger partial charge in [-0.3, -0.25) is 4.90 Å². The van der Waals surface area contributed by atoms with Crippen LogP contribution in [0, 0.1) is 17.2 Å². The molecule has 1 fully saturated rings. The van der Waals surface area contributed by atoms with Gasteiger partial charge in [-0.2, -0.15) is 5.26 Å². The highest BCUT2D eigenvalue weighted by Gasteiger charge is 2.35. The van der Waals surface area contributed by atoms with Crippen LogP contribution in [0.3, 0.4) is 0 Å². The largest absolute Gasteiger partial charge is 0.297 e. The van der Waals surface area contributed by atoms with Crippen molar-refractivity contribution in [2.45, 2.75) is 64.5 Å². The highest BCUT2D eigenvalue weighted by Crippen LogP contribution is 2.38. The molecule has 1 aliphatic carbocycles. The zero-order valence-corrected chi connectivity index (χ0v) is 13.6. The summed E-state index contributed by atoms with van der Waals surface area (Å²) in [4.78, 5) is 2.56. The summed E-state index contributed by atoms with van der Waals surface area (Å²) in [5.41, 5.74) is 1.44. The Hall–Kier alpha value is -1.33. The Labute approximate surface area is 129 Å². The molecule has 0 aromatic heterocycles. The summed E-state index contributed by atoms with van der Waals surface area (Å²) in [5.74, 6) is 0.804. The number of hydrogen-bond donors (Lipinski definition) is 0. The summed E-state index contributed by atoms with van der Waals surface area (Å²) in [6, 6.07) is 14.4. The lowest BCUT2D eigenvalue weighted by atomic mass is 9.75. The van der Waals surface area contributed by atoms with Crippen LogP contribution >= 0.6 is 0 Å². The fraction of sp³-hybridized carbons (Fsp3) is 0.632. The number of benzene rings is 1. The van der Waals surface area contributed by atoms with Gasteiger partial charge in [-0.25, -0.2) is 0 Å². The number of nitriles is 1. The molecule has 1 aliphatic rings. The lowest BCUT2D eigenvalue weighted by Crippen LogP contribution is -2.47. The average molecular weight is 284 g/mol. The maximum atomic E-state index is 9.54. The molecule has 4 unspecified atom stereocenters. The Bertz CT molecular complexity index is 462. The second-order valence-electron chi connectivity index (χ2n) is 6.31. The molecule has 1 aromatic carbocycles. The van der Waals surface area contributed by atoms with Crippen LogP contribution in [-0.2, 0) is 0 Å². The normalized spacial score (nSPS) is 27.3. The number of rotatable bonds is 5. The van der Waals surface area contributed by atoms with Crippen LogP contribution in [-0.4, -0.2) is 23.5 Å². The summed E-state index contributed by atoms with van der Waals surface area (Å²) >= 11 is 0. The van der Waals surface area contributed by atoms with E-state index in [1.807, 2.05) is 0 Å². The zero-order valence-electron chi connectivity index (χ0n) is 13.6. The molecule has 0 aliphatic heterocycles. The summed E-state index contributed by atoms with van der Waals surface area (Å²) < 4.78 is 0. The minimum atomic E-state index is 0.193. The number of nitrogens with zero attached hydrogens (tertiary/aromatic N) is 2. The van der Waals surface area contributed by atoms with Crippen molar-refractivity contribution in [3.63, 3.8) is 0 Å². The van der Waals surface area contributed by atoms with Gasteiger partial charge < -0.3 is 0 Å². The first-order chi connectivity index (χ1) is 10.2. The molecule has 0 saturated heterocycles. The molecule has 0 amide bonds. The second kappa shape index (κ2) is 7.61. The van der Waals surface area contributed by atoms with Crippen LogP contribution in [0.5, 0.6) is 0 Å². The molecule has 0 heterocycles. The van der Waals surface area contributed by atoms with Gasteiger partial charge in [0.05, 0.1) is 12.0 Å². The second-order valence-corrected chi connectivity index (χ2v) is 6.31. The first-order valence-electron chi connectivity index (χ1n) is 8.41. The molecule has 0 radical (unpaired) electrons. The van der Waals surface area contributed by atoms with Crippen LogP contribution in [0.25, 0.3) is 0 Å². The van der Waals surface area contributed by atoms with Crippen LogP contribution in [0.15, 0.2) is 30.3 Å². The molecule has 0 N–H and O–H groups in total. The monoisotopic (exact) mass is 284 g/mol. The smallest absolute Gasteiger partial charge is 0.0672 e. The van der Waals surface area contributed by atoms with Crippen LogP contribution in [0.1, 0.15) is 57.9 Å². The Morgan fingerprint density at radius 3 is 2.52 bits per heavy atom. The molecule has 1 aromatic rings. The zero-order chi connectivity index (χ0) is 15.2. The van der Waals surface area contributed by atoms with E-state index in [9.17, 15) is 5.26 Å². The predicted molar refractivity (Wildman–Crippen MR) is 88.1 cm³/mol. The predicted octanol–water partition coefficient (Wildman–Crippen LogP) is 4.58. The Morgan fingerprint density at radius 2 is 1.95 bits per heavy atom. The van der Waals surface area contributed by atoms with E-state index >= 15 is 0 Å². The van der Waals surface area contributed by atoms with Gasteiger partial charge in [-0.1, -0.05) is 44.2 Å². The maximum Gasteiger partial charge on any atom is 0.0672 e. The fourth-order valence-corrected chi connectivity index (χ4v) is 3.80. The Balaban J connectivity index is 2.18. The van der Waals surface area contributed by atoms with E-state index < -0.39 is 0 Å². The van der Waals surface area contributed by atoms with Gasteiger partial charge in [0.25, 0.3) is 0 Å². The van der Waals surface area contributed by atoms with Gasteiger partial charge in [-0.15, -0.1) is 0 Å². The van der Waals surface area contributed by atoms with E-state index in [-0.39, 0.29) is 5.92 Å². The van der Waals surface area contributed by atoms with Crippen molar-refractivity contribution in [3.05, 3.63) is 35.9 Å². The first kappa shape index (κ1) is 16.0. The number of hydrogen-bond acceptors (Lipinski definition) is 2. The molecular weight excluding hydrogens is 256 g/mol. The molecular formula is C19H28N2. The Kier molecular flexibility index (Phi) is 5.82. The molecule has 114 valence electrons. The van der Waals surface area contributed by atoms with Gasteiger partial charge in [0.1, 0.15) is 0 Å². The average Bonchev–Trinajstić information content (AvgIpc) is 2.56. The van der Waals surface area contributed by atoms with Crippen molar-refractivity contribution in [1.29, 1.82) is 5.26 Å². The van der Waals surface area contributed by atoms with Crippen molar-refractivity contribution in [2.24, 2.45) is 5.92 Å². The van der Waals surface area contributed by atoms with Crippen molar-refractivity contribution in [3.8, 4) is 6.07 Å². The molecule has 2 heteroatoms. The van der Waals surface area contributed by atoms with E-state index in [2.05, 4.69) is 62.1 Å². The third kappa shape index (κ3) is 3.66. The molecule has 0 spiro atoms. The molecule has 21 heavy (non-hydrogen) atoms. The summed E-state index contributed by atoms with van der Waals surface area (Å²) in [7, 11) is 0. The summed E-state index contributed by atoms with van der Waals surface area (Å²) in [6.45, 7) is 7.81. The van der Waals surface area contributed by atoms with Crippen molar-refractivity contribution in [1.82, 2.24) is 4.90 Å². The van der Waals surface area contributed by atoms with Gasteiger partial charge in [0.2, 0.25) is 0 Å². The highest BCUT2D eigenvalue weighted by molar-refractivity contribution is 5.21. The maximum absolute atomic E-state index is 9.54. The van der Waals surface area contributed by atoms with E-state index in [4.69, 9.17) is 0 Å². The lowest BCUT2D eigenvalue weighted by Gasteiger charge is -2.42. The highest BCUT2D eigenvalue weighted by atomic mass is 15.2. The van der Waals surface area contributed by atoms with Crippen LogP contribution < -0.4 is 0 Å². The van der Waals surface area contributed by atoms with E-state index in [1.54, 1.807) is 0 Å². The van der Waals surface area contributed by atoms with Crippen molar-refractivity contribution >= 4 is 0 Å². The molecule has 0 bridgehead atoms. The SMILES string of the molecule is CCC(C)N(CC)C1CC(c2ccccc2)CCC1C#N. The third-order valence-electron chi connectivity index (χ3n) is 5.20. The quantitative estimate of drug-likeness (QED) is 0.791. The van der Waals surface area contributed by atoms with Gasteiger partial charge >= 0.3 is 0 Å².